The Hall–Kier alpha value is -1.07. The molecule has 1 saturated heterocycles. The number of carbonyl (C=O) groups is 1. The van der Waals surface area contributed by atoms with Crippen LogP contribution < -0.4 is 0 Å². The molecule has 0 spiro atoms. The molecule has 1 amide bonds. The average Bonchev–Trinajstić information content (AvgIpc) is 2.60. The second-order valence-electron chi connectivity index (χ2n) is 6.72. The zero-order valence-corrected chi connectivity index (χ0v) is 14.4. The highest BCUT2D eigenvalue weighted by molar-refractivity contribution is 7.99. The van der Waals surface area contributed by atoms with Gasteiger partial charge in [-0.2, -0.15) is 0 Å². The third-order valence-corrected chi connectivity index (χ3v) is 6.10. The van der Waals surface area contributed by atoms with Crippen molar-refractivity contribution in [1.29, 1.82) is 0 Å². The van der Waals surface area contributed by atoms with Crippen LogP contribution in [0.15, 0.2) is 23.4 Å². The first-order chi connectivity index (χ1) is 11.2. The predicted octanol–water partition coefficient (Wildman–Crippen LogP) is 3.35. The monoisotopic (exact) mass is 334 g/mol. The number of thioether (sulfide) groups is 1. The molecule has 2 heterocycles. The minimum atomic E-state index is -0.386. The van der Waals surface area contributed by atoms with Crippen molar-refractivity contribution in [3.8, 4) is 0 Å². The van der Waals surface area contributed by atoms with E-state index >= 15 is 0 Å². The molecule has 5 heteroatoms. The molecule has 1 aliphatic carbocycles. The molecule has 3 rings (SSSR count). The van der Waals surface area contributed by atoms with E-state index < -0.39 is 0 Å². The predicted molar refractivity (Wildman–Crippen MR) is 92.7 cm³/mol. The molecule has 1 N–H and O–H groups in total. The summed E-state index contributed by atoms with van der Waals surface area (Å²) in [6, 6.07) is 3.71. The van der Waals surface area contributed by atoms with Gasteiger partial charge in [-0.1, -0.05) is 19.3 Å². The molecule has 2 aliphatic rings. The molecule has 1 saturated carbocycles. The lowest BCUT2D eigenvalue weighted by atomic mass is 9.91. The van der Waals surface area contributed by atoms with Crippen LogP contribution >= 0.6 is 11.8 Å². The van der Waals surface area contributed by atoms with Gasteiger partial charge >= 0.3 is 0 Å². The van der Waals surface area contributed by atoms with Gasteiger partial charge < -0.3 is 10.0 Å². The zero-order chi connectivity index (χ0) is 16.1. The van der Waals surface area contributed by atoms with Crippen LogP contribution in [0.3, 0.4) is 0 Å². The Morgan fingerprint density at radius 1 is 1.26 bits per heavy atom. The topological polar surface area (TPSA) is 53.4 Å². The zero-order valence-electron chi connectivity index (χ0n) is 13.6. The lowest BCUT2D eigenvalue weighted by Gasteiger charge is -2.30. The first-order valence-electron chi connectivity index (χ1n) is 8.79. The second-order valence-corrected chi connectivity index (χ2v) is 7.73. The molecular formula is C18H26N2O2S. The largest absolute Gasteiger partial charge is 0.391 e. The molecular weight excluding hydrogens is 308 g/mol. The number of hydrogen-bond acceptors (Lipinski definition) is 4. The summed E-state index contributed by atoms with van der Waals surface area (Å²) in [5.74, 6) is 1.83. The fraction of sp³-hybridized carbons (Fsp3) is 0.667. The lowest BCUT2D eigenvalue weighted by Crippen LogP contribution is -2.42. The molecule has 23 heavy (non-hydrogen) atoms. The number of rotatable bonds is 4. The van der Waals surface area contributed by atoms with Crippen molar-refractivity contribution in [3.05, 3.63) is 23.9 Å². The standard InChI is InChI=1S/C18H26N2O2S/c21-15-8-5-11-20(12-15)18(22)16-9-4-10-19-17(16)23-13-14-6-2-1-3-7-14/h4,9-10,14-15,21H,1-3,5-8,11-13H2. The van der Waals surface area contributed by atoms with E-state index in [1.54, 1.807) is 22.9 Å². The molecule has 4 nitrogen and oxygen atoms in total. The summed E-state index contributed by atoms with van der Waals surface area (Å²) in [6.07, 6.45) is 9.70. The number of aromatic nitrogens is 1. The number of carbonyl (C=O) groups excluding carboxylic acids is 1. The summed E-state index contributed by atoms with van der Waals surface area (Å²) in [5.41, 5.74) is 0.697. The van der Waals surface area contributed by atoms with E-state index in [9.17, 15) is 9.90 Å². The first kappa shape index (κ1) is 16.8. The molecule has 1 aromatic rings. The van der Waals surface area contributed by atoms with Crippen LogP contribution in [0.4, 0.5) is 0 Å². The first-order valence-corrected chi connectivity index (χ1v) is 9.78. The van der Waals surface area contributed by atoms with Crippen LogP contribution in [0.5, 0.6) is 0 Å². The van der Waals surface area contributed by atoms with Crippen molar-refractivity contribution in [3.63, 3.8) is 0 Å². The Labute approximate surface area is 142 Å². The van der Waals surface area contributed by atoms with Crippen LogP contribution in [0, 0.1) is 5.92 Å². The van der Waals surface area contributed by atoms with Gasteiger partial charge in [0.05, 0.1) is 11.7 Å². The summed E-state index contributed by atoms with van der Waals surface area (Å²) < 4.78 is 0. The van der Waals surface area contributed by atoms with Crippen LogP contribution in [0.2, 0.25) is 0 Å². The molecule has 2 fully saturated rings. The summed E-state index contributed by atoms with van der Waals surface area (Å²) >= 11 is 1.73. The quantitative estimate of drug-likeness (QED) is 0.858. The van der Waals surface area contributed by atoms with E-state index in [0.29, 0.717) is 12.1 Å². The lowest BCUT2D eigenvalue weighted by molar-refractivity contribution is 0.0470. The fourth-order valence-electron chi connectivity index (χ4n) is 3.53. The van der Waals surface area contributed by atoms with Gasteiger partial charge in [-0.25, -0.2) is 4.98 Å². The normalized spacial score (nSPS) is 23.0. The summed E-state index contributed by atoms with van der Waals surface area (Å²) in [4.78, 5) is 19.0. The summed E-state index contributed by atoms with van der Waals surface area (Å²) in [7, 11) is 0. The minimum Gasteiger partial charge on any atom is -0.391 e. The molecule has 1 aromatic heterocycles. The molecule has 1 unspecified atom stereocenters. The Bertz CT molecular complexity index is 532. The highest BCUT2D eigenvalue weighted by atomic mass is 32.2. The Morgan fingerprint density at radius 3 is 2.87 bits per heavy atom. The number of nitrogens with zero attached hydrogens (tertiary/aromatic N) is 2. The number of likely N-dealkylation sites (tertiary alicyclic amines) is 1. The van der Waals surface area contributed by atoms with E-state index in [2.05, 4.69) is 4.98 Å². The van der Waals surface area contributed by atoms with E-state index in [4.69, 9.17) is 0 Å². The van der Waals surface area contributed by atoms with E-state index in [-0.39, 0.29) is 12.0 Å². The van der Waals surface area contributed by atoms with Gasteiger partial charge in [-0.05, 0) is 43.7 Å². The Morgan fingerprint density at radius 2 is 2.09 bits per heavy atom. The number of β-amino-alcohol motifs (C(OH)–C–C–N with tert-alkyl or cyclic N) is 1. The molecule has 0 radical (unpaired) electrons. The molecule has 0 aromatic carbocycles. The van der Waals surface area contributed by atoms with Crippen molar-refractivity contribution in [2.45, 2.75) is 56.1 Å². The number of aliphatic hydroxyl groups excluding tert-OH is 1. The van der Waals surface area contributed by atoms with Gasteiger partial charge in [0.25, 0.3) is 5.91 Å². The van der Waals surface area contributed by atoms with Crippen molar-refractivity contribution in [1.82, 2.24) is 9.88 Å². The number of pyridine rings is 1. The maximum atomic E-state index is 12.8. The van der Waals surface area contributed by atoms with Gasteiger partial charge in [0.2, 0.25) is 0 Å². The fourth-order valence-corrected chi connectivity index (χ4v) is 4.70. The van der Waals surface area contributed by atoms with E-state index in [1.165, 1.54) is 32.1 Å². The van der Waals surface area contributed by atoms with Crippen molar-refractivity contribution in [2.75, 3.05) is 18.8 Å². The smallest absolute Gasteiger partial charge is 0.256 e. The average molecular weight is 334 g/mol. The number of aliphatic hydroxyl groups is 1. The highest BCUT2D eigenvalue weighted by Crippen LogP contribution is 2.31. The minimum absolute atomic E-state index is 0.0167. The summed E-state index contributed by atoms with van der Waals surface area (Å²) in [6.45, 7) is 1.18. The summed E-state index contributed by atoms with van der Waals surface area (Å²) in [5, 5.41) is 10.7. The van der Waals surface area contributed by atoms with Crippen LogP contribution in [0.25, 0.3) is 0 Å². The molecule has 126 valence electrons. The van der Waals surface area contributed by atoms with Crippen LogP contribution in [0.1, 0.15) is 55.3 Å². The third-order valence-electron chi connectivity index (χ3n) is 4.87. The maximum absolute atomic E-state index is 12.8. The van der Waals surface area contributed by atoms with Crippen molar-refractivity contribution in [2.24, 2.45) is 5.92 Å². The number of hydrogen-bond donors (Lipinski definition) is 1. The molecule has 1 atom stereocenters. The van der Waals surface area contributed by atoms with Gasteiger partial charge in [0.15, 0.2) is 0 Å². The van der Waals surface area contributed by atoms with Gasteiger partial charge in [0, 0.05) is 25.0 Å². The van der Waals surface area contributed by atoms with Gasteiger partial charge in [-0.3, -0.25) is 4.79 Å². The van der Waals surface area contributed by atoms with Crippen LogP contribution in [-0.2, 0) is 0 Å². The number of piperidine rings is 1. The Kier molecular flexibility index (Phi) is 5.95. The highest BCUT2D eigenvalue weighted by Gasteiger charge is 2.25. The van der Waals surface area contributed by atoms with Gasteiger partial charge in [0.1, 0.15) is 5.03 Å². The van der Waals surface area contributed by atoms with Crippen molar-refractivity contribution >= 4 is 17.7 Å². The van der Waals surface area contributed by atoms with E-state index in [1.807, 2.05) is 12.1 Å². The van der Waals surface area contributed by atoms with E-state index in [0.717, 1.165) is 36.1 Å². The van der Waals surface area contributed by atoms with Crippen molar-refractivity contribution < 1.29 is 9.90 Å². The third kappa shape index (κ3) is 4.48. The van der Waals surface area contributed by atoms with Crippen LogP contribution in [-0.4, -0.2) is 45.8 Å². The number of amides is 1. The Balaban J connectivity index is 1.65. The SMILES string of the molecule is O=C(c1cccnc1SCC1CCCCC1)N1CCCC(O)C1. The maximum Gasteiger partial charge on any atom is 0.256 e. The second kappa shape index (κ2) is 8.15. The van der Waals surface area contributed by atoms with Gasteiger partial charge in [-0.15, -0.1) is 11.8 Å². The molecule has 1 aliphatic heterocycles. The molecule has 0 bridgehead atoms.